The second kappa shape index (κ2) is 8.32. The van der Waals surface area contributed by atoms with Gasteiger partial charge >= 0.3 is 0 Å². The standard InChI is InChI=1S/C29H25N3O3/c1-18-27(23-12-6-7-13-24(23)30-18)26(33)17-31-15-14-19-8-2-3-9-20(19)25(31)16-32-28(34)21-10-4-5-11-22(21)29(32)35/h2-13,25,30H,14-17H2,1H3/t25-/m1/s1. The molecule has 6 heteroatoms. The summed E-state index contributed by atoms with van der Waals surface area (Å²) in [6.07, 6.45) is 0.814. The number of aromatic nitrogens is 1. The third-order valence-corrected chi connectivity index (χ3v) is 7.28. The van der Waals surface area contributed by atoms with Crippen molar-refractivity contribution in [1.82, 2.24) is 14.8 Å². The summed E-state index contributed by atoms with van der Waals surface area (Å²) >= 11 is 0. The Morgan fingerprint density at radius 3 is 2.34 bits per heavy atom. The summed E-state index contributed by atoms with van der Waals surface area (Å²) in [5.74, 6) is -0.508. The van der Waals surface area contributed by atoms with E-state index in [1.54, 1.807) is 24.3 Å². The number of aromatic amines is 1. The fraction of sp³-hybridized carbons (Fsp3) is 0.207. The summed E-state index contributed by atoms with van der Waals surface area (Å²) in [4.78, 5) is 46.6. The number of hydrogen-bond donors (Lipinski definition) is 1. The molecule has 2 amide bonds. The van der Waals surface area contributed by atoms with Crippen molar-refractivity contribution < 1.29 is 14.4 Å². The maximum Gasteiger partial charge on any atom is 0.261 e. The number of amides is 2. The van der Waals surface area contributed by atoms with Crippen LogP contribution < -0.4 is 0 Å². The zero-order valence-electron chi connectivity index (χ0n) is 19.5. The lowest BCUT2D eigenvalue weighted by Gasteiger charge is -2.38. The zero-order chi connectivity index (χ0) is 24.1. The number of rotatable bonds is 5. The Morgan fingerprint density at radius 1 is 0.914 bits per heavy atom. The number of aryl methyl sites for hydroxylation is 1. The van der Waals surface area contributed by atoms with Crippen molar-refractivity contribution in [2.24, 2.45) is 0 Å². The second-order valence-electron chi connectivity index (χ2n) is 9.30. The molecule has 1 N–H and O–H groups in total. The molecule has 4 aromatic rings. The Balaban J connectivity index is 1.33. The molecule has 6 nitrogen and oxygen atoms in total. The van der Waals surface area contributed by atoms with Gasteiger partial charge in [0, 0.05) is 35.2 Å². The van der Waals surface area contributed by atoms with Crippen LogP contribution in [0.1, 0.15) is 53.9 Å². The normalized spacial score (nSPS) is 17.6. The molecule has 1 atom stereocenters. The van der Waals surface area contributed by atoms with E-state index >= 15 is 0 Å². The van der Waals surface area contributed by atoms with Crippen molar-refractivity contribution in [2.75, 3.05) is 19.6 Å². The second-order valence-corrected chi connectivity index (χ2v) is 9.30. The molecular formula is C29H25N3O3. The first-order chi connectivity index (χ1) is 17.0. The lowest BCUT2D eigenvalue weighted by molar-refractivity contribution is 0.0574. The molecular weight excluding hydrogens is 438 g/mol. The van der Waals surface area contributed by atoms with Crippen LogP contribution in [0.25, 0.3) is 10.9 Å². The molecule has 0 unspecified atom stereocenters. The van der Waals surface area contributed by atoms with E-state index in [2.05, 4.69) is 16.0 Å². The van der Waals surface area contributed by atoms with Gasteiger partial charge in [0.25, 0.3) is 11.8 Å². The molecule has 3 aromatic carbocycles. The number of nitrogens with one attached hydrogen (secondary N) is 1. The molecule has 0 fully saturated rings. The largest absolute Gasteiger partial charge is 0.358 e. The Labute approximate surface area is 203 Å². The minimum absolute atomic E-state index is 0.0340. The van der Waals surface area contributed by atoms with Gasteiger partial charge in [-0.1, -0.05) is 54.6 Å². The van der Waals surface area contributed by atoms with E-state index in [1.165, 1.54) is 10.5 Å². The van der Waals surface area contributed by atoms with Crippen molar-refractivity contribution in [3.63, 3.8) is 0 Å². The summed E-state index contributed by atoms with van der Waals surface area (Å²) in [6, 6.07) is 22.6. The Bertz CT molecular complexity index is 1470. The molecule has 2 aliphatic heterocycles. The van der Waals surface area contributed by atoms with Gasteiger partial charge in [-0.2, -0.15) is 0 Å². The van der Waals surface area contributed by atoms with Gasteiger partial charge < -0.3 is 4.98 Å². The number of carbonyl (C=O) groups excluding carboxylic acids is 3. The molecule has 35 heavy (non-hydrogen) atoms. The number of hydrogen-bond acceptors (Lipinski definition) is 4. The topological polar surface area (TPSA) is 73.5 Å². The van der Waals surface area contributed by atoms with E-state index in [0.29, 0.717) is 23.2 Å². The van der Waals surface area contributed by atoms with E-state index < -0.39 is 0 Å². The quantitative estimate of drug-likeness (QED) is 0.348. The van der Waals surface area contributed by atoms with E-state index in [-0.39, 0.29) is 36.7 Å². The predicted octanol–water partition coefficient (Wildman–Crippen LogP) is 4.55. The van der Waals surface area contributed by atoms with Crippen molar-refractivity contribution in [1.29, 1.82) is 0 Å². The van der Waals surface area contributed by atoms with Gasteiger partial charge in [-0.15, -0.1) is 0 Å². The van der Waals surface area contributed by atoms with Crippen LogP contribution in [-0.2, 0) is 6.42 Å². The molecule has 3 heterocycles. The van der Waals surface area contributed by atoms with Crippen molar-refractivity contribution in [2.45, 2.75) is 19.4 Å². The molecule has 0 saturated carbocycles. The summed E-state index contributed by atoms with van der Waals surface area (Å²) in [5.41, 5.74) is 5.65. The lowest BCUT2D eigenvalue weighted by atomic mass is 9.91. The zero-order valence-corrected chi connectivity index (χ0v) is 19.5. The van der Waals surface area contributed by atoms with E-state index in [0.717, 1.165) is 28.6 Å². The van der Waals surface area contributed by atoms with Crippen LogP contribution in [-0.4, -0.2) is 52.0 Å². The summed E-state index contributed by atoms with van der Waals surface area (Å²) < 4.78 is 0. The molecule has 2 aliphatic rings. The molecule has 0 bridgehead atoms. The molecule has 0 radical (unpaired) electrons. The van der Waals surface area contributed by atoms with Gasteiger partial charge in [-0.05, 0) is 42.7 Å². The lowest BCUT2D eigenvalue weighted by Crippen LogP contribution is -2.45. The highest BCUT2D eigenvalue weighted by Crippen LogP contribution is 2.34. The third kappa shape index (κ3) is 3.49. The first kappa shape index (κ1) is 21.5. The van der Waals surface area contributed by atoms with E-state index in [1.807, 2.05) is 49.4 Å². The van der Waals surface area contributed by atoms with Gasteiger partial charge in [0.15, 0.2) is 5.78 Å². The van der Waals surface area contributed by atoms with Crippen LogP contribution in [0.4, 0.5) is 0 Å². The molecule has 0 spiro atoms. The number of nitrogens with zero attached hydrogens (tertiary/aromatic N) is 2. The van der Waals surface area contributed by atoms with Crippen LogP contribution in [0.15, 0.2) is 72.8 Å². The monoisotopic (exact) mass is 463 g/mol. The average Bonchev–Trinajstić information content (AvgIpc) is 3.34. The van der Waals surface area contributed by atoms with Gasteiger partial charge in [0.1, 0.15) is 0 Å². The van der Waals surface area contributed by atoms with Crippen LogP contribution in [0.2, 0.25) is 0 Å². The Hall–Kier alpha value is -4.03. The summed E-state index contributed by atoms with van der Waals surface area (Å²) in [7, 11) is 0. The maximum atomic E-state index is 13.6. The van der Waals surface area contributed by atoms with Gasteiger partial charge in [-0.25, -0.2) is 0 Å². The van der Waals surface area contributed by atoms with Crippen molar-refractivity contribution in [3.05, 3.63) is 106 Å². The number of benzene rings is 3. The minimum Gasteiger partial charge on any atom is -0.358 e. The van der Waals surface area contributed by atoms with E-state index in [9.17, 15) is 14.4 Å². The number of Topliss-reactive ketones (excluding diaryl/α,β-unsaturated/α-hetero) is 1. The Kier molecular flexibility index (Phi) is 5.11. The number of fused-ring (bicyclic) bond motifs is 3. The molecule has 0 aliphatic carbocycles. The minimum atomic E-state index is -0.271. The number of imide groups is 1. The highest BCUT2D eigenvalue weighted by Gasteiger charge is 2.39. The maximum absolute atomic E-state index is 13.6. The van der Waals surface area contributed by atoms with Gasteiger partial charge in [-0.3, -0.25) is 24.2 Å². The van der Waals surface area contributed by atoms with E-state index in [4.69, 9.17) is 0 Å². The first-order valence-corrected chi connectivity index (χ1v) is 11.9. The van der Waals surface area contributed by atoms with Gasteiger partial charge in [0.2, 0.25) is 0 Å². The fourth-order valence-electron chi connectivity index (χ4n) is 5.58. The van der Waals surface area contributed by atoms with Crippen molar-refractivity contribution in [3.8, 4) is 0 Å². The SMILES string of the molecule is Cc1[nH]c2ccccc2c1C(=O)CN1CCc2ccccc2[C@H]1CN1C(=O)c2ccccc2C1=O. The summed E-state index contributed by atoms with van der Waals surface area (Å²) in [6.45, 7) is 3.03. The van der Waals surface area contributed by atoms with Crippen molar-refractivity contribution >= 4 is 28.5 Å². The number of carbonyl (C=O) groups is 3. The Morgan fingerprint density at radius 2 is 1.57 bits per heavy atom. The highest BCUT2D eigenvalue weighted by molar-refractivity contribution is 6.21. The number of H-pyrrole nitrogens is 1. The van der Waals surface area contributed by atoms with Gasteiger partial charge in [0.05, 0.1) is 23.7 Å². The fourth-order valence-corrected chi connectivity index (χ4v) is 5.58. The molecule has 174 valence electrons. The molecule has 6 rings (SSSR count). The summed E-state index contributed by atoms with van der Waals surface area (Å²) in [5, 5.41) is 0.921. The smallest absolute Gasteiger partial charge is 0.261 e. The number of ketones is 1. The van der Waals surface area contributed by atoms with Crippen LogP contribution in [0.3, 0.4) is 0 Å². The van der Waals surface area contributed by atoms with Crippen LogP contribution in [0.5, 0.6) is 0 Å². The first-order valence-electron chi connectivity index (χ1n) is 11.9. The third-order valence-electron chi connectivity index (χ3n) is 7.28. The highest BCUT2D eigenvalue weighted by atomic mass is 16.2. The van der Waals surface area contributed by atoms with Crippen LogP contribution in [0, 0.1) is 6.92 Å². The number of para-hydroxylation sites is 1. The predicted molar refractivity (Wildman–Crippen MR) is 134 cm³/mol. The van der Waals surface area contributed by atoms with Crippen LogP contribution >= 0.6 is 0 Å². The average molecular weight is 464 g/mol. The molecule has 0 saturated heterocycles. The molecule has 1 aromatic heterocycles.